The van der Waals surface area contributed by atoms with Crippen molar-refractivity contribution in [2.45, 2.75) is 18.7 Å². The van der Waals surface area contributed by atoms with Crippen LogP contribution in [0.5, 0.6) is 11.5 Å². The smallest absolute Gasteiger partial charge is 0.310 e. The Morgan fingerprint density at radius 2 is 1.59 bits per heavy atom. The molecule has 4 nitrogen and oxygen atoms in total. The predicted octanol–water partition coefficient (Wildman–Crippen LogP) is 3.86. The van der Waals surface area contributed by atoms with E-state index in [2.05, 4.69) is 15.9 Å². The van der Waals surface area contributed by atoms with Gasteiger partial charge in [-0.25, -0.2) is 0 Å². The Labute approximate surface area is 138 Å². The van der Waals surface area contributed by atoms with Crippen LogP contribution in [0.3, 0.4) is 0 Å². The Morgan fingerprint density at radius 1 is 1.05 bits per heavy atom. The van der Waals surface area contributed by atoms with Crippen LogP contribution in [0.2, 0.25) is 0 Å². The molecule has 0 aliphatic heterocycles. The van der Waals surface area contributed by atoms with E-state index in [1.807, 2.05) is 24.3 Å². The lowest BCUT2D eigenvalue weighted by Crippen LogP contribution is -2.11. The molecule has 0 aliphatic carbocycles. The molecule has 0 N–H and O–H groups in total. The summed E-state index contributed by atoms with van der Waals surface area (Å²) in [6.45, 7) is 2.15. The third-order valence-electron chi connectivity index (χ3n) is 3.50. The minimum atomic E-state index is -0.277. The van der Waals surface area contributed by atoms with Crippen molar-refractivity contribution in [2.75, 3.05) is 20.8 Å². The molecule has 0 bridgehead atoms. The lowest BCUT2D eigenvalue weighted by Gasteiger charge is -2.19. The Bertz CT molecular complexity index is 682. The summed E-state index contributed by atoms with van der Waals surface area (Å²) >= 11 is 3.49. The molecular formula is C17H19BrO4. The van der Waals surface area contributed by atoms with Gasteiger partial charge in [-0.2, -0.15) is 0 Å². The summed E-state index contributed by atoms with van der Waals surface area (Å²) in [5.41, 5.74) is 1.71. The molecule has 2 aromatic rings. The number of ether oxygens (including phenoxy) is 3. The third kappa shape index (κ3) is 3.04. The summed E-state index contributed by atoms with van der Waals surface area (Å²) < 4.78 is 16.3. The topological polar surface area (TPSA) is 44.8 Å². The normalized spacial score (nSPS) is 10.5. The fraction of sp³-hybridized carbons (Fsp3) is 0.353. The molecule has 0 atom stereocenters. The van der Waals surface area contributed by atoms with Gasteiger partial charge in [0.25, 0.3) is 0 Å². The number of esters is 1. The highest BCUT2D eigenvalue weighted by atomic mass is 79.9. The largest absolute Gasteiger partial charge is 0.496 e. The summed E-state index contributed by atoms with van der Waals surface area (Å²) in [5, 5.41) is 2.45. The molecule has 0 saturated heterocycles. The van der Waals surface area contributed by atoms with Crippen LogP contribution in [-0.2, 0) is 21.3 Å². The van der Waals surface area contributed by atoms with Crippen molar-refractivity contribution in [2.24, 2.45) is 0 Å². The summed E-state index contributed by atoms with van der Waals surface area (Å²) in [4.78, 5) is 12.0. The zero-order valence-corrected chi connectivity index (χ0v) is 14.5. The number of carbonyl (C=O) groups is 1. The van der Waals surface area contributed by atoms with Gasteiger partial charge in [-0.15, -0.1) is 0 Å². The first-order valence-corrected chi connectivity index (χ1v) is 8.16. The Kier molecular flexibility index (Phi) is 5.66. The van der Waals surface area contributed by atoms with E-state index in [-0.39, 0.29) is 12.4 Å². The van der Waals surface area contributed by atoms with Crippen LogP contribution in [0, 0.1) is 0 Å². The summed E-state index contributed by atoms with van der Waals surface area (Å²) in [7, 11) is 3.25. The molecule has 0 amide bonds. The van der Waals surface area contributed by atoms with Crippen molar-refractivity contribution < 1.29 is 19.0 Å². The van der Waals surface area contributed by atoms with Gasteiger partial charge in [0.1, 0.15) is 11.5 Å². The number of rotatable bonds is 6. The van der Waals surface area contributed by atoms with Crippen LogP contribution < -0.4 is 9.47 Å². The molecule has 0 heterocycles. The first kappa shape index (κ1) is 16.6. The molecule has 5 heteroatoms. The fourth-order valence-electron chi connectivity index (χ4n) is 2.63. The molecular weight excluding hydrogens is 348 g/mol. The molecule has 0 aromatic heterocycles. The fourth-order valence-corrected chi connectivity index (χ4v) is 3.22. The molecule has 0 aliphatic rings. The lowest BCUT2D eigenvalue weighted by atomic mass is 9.96. The molecule has 22 heavy (non-hydrogen) atoms. The van der Waals surface area contributed by atoms with Crippen LogP contribution in [-0.4, -0.2) is 26.8 Å². The molecule has 2 aromatic carbocycles. The van der Waals surface area contributed by atoms with Gasteiger partial charge < -0.3 is 14.2 Å². The Balaban J connectivity index is 2.73. The van der Waals surface area contributed by atoms with Crippen molar-refractivity contribution >= 4 is 32.7 Å². The lowest BCUT2D eigenvalue weighted by molar-refractivity contribution is -0.142. The highest BCUT2D eigenvalue weighted by Gasteiger charge is 2.22. The molecule has 0 fully saturated rings. The number of hydrogen-bond acceptors (Lipinski definition) is 4. The third-order valence-corrected chi connectivity index (χ3v) is 4.06. The van der Waals surface area contributed by atoms with Gasteiger partial charge in [-0.3, -0.25) is 4.79 Å². The van der Waals surface area contributed by atoms with Gasteiger partial charge in [-0.1, -0.05) is 40.2 Å². The van der Waals surface area contributed by atoms with Crippen molar-refractivity contribution in [3.05, 3.63) is 35.4 Å². The zero-order chi connectivity index (χ0) is 16.1. The van der Waals surface area contributed by atoms with Crippen molar-refractivity contribution in [3.63, 3.8) is 0 Å². The van der Waals surface area contributed by atoms with E-state index in [4.69, 9.17) is 14.2 Å². The monoisotopic (exact) mass is 366 g/mol. The van der Waals surface area contributed by atoms with E-state index in [0.29, 0.717) is 17.7 Å². The van der Waals surface area contributed by atoms with Gasteiger partial charge in [0.05, 0.1) is 27.2 Å². The van der Waals surface area contributed by atoms with Crippen LogP contribution in [0.25, 0.3) is 10.8 Å². The highest BCUT2D eigenvalue weighted by molar-refractivity contribution is 9.08. The van der Waals surface area contributed by atoms with Crippen LogP contribution >= 0.6 is 15.9 Å². The van der Waals surface area contributed by atoms with E-state index in [9.17, 15) is 4.79 Å². The van der Waals surface area contributed by atoms with Crippen LogP contribution in [0.4, 0.5) is 0 Å². The van der Waals surface area contributed by atoms with Crippen molar-refractivity contribution in [1.82, 2.24) is 0 Å². The van der Waals surface area contributed by atoms with Crippen LogP contribution in [0.15, 0.2) is 24.3 Å². The number of fused-ring (bicyclic) bond motifs is 1. The second kappa shape index (κ2) is 7.49. The first-order chi connectivity index (χ1) is 10.7. The number of halogens is 1. The van der Waals surface area contributed by atoms with E-state index in [1.54, 1.807) is 21.1 Å². The molecule has 0 saturated carbocycles. The second-order valence-electron chi connectivity index (χ2n) is 4.68. The van der Waals surface area contributed by atoms with Crippen LogP contribution in [0.1, 0.15) is 18.1 Å². The predicted molar refractivity (Wildman–Crippen MR) is 90.0 cm³/mol. The van der Waals surface area contributed by atoms with Crippen molar-refractivity contribution in [3.8, 4) is 11.5 Å². The van der Waals surface area contributed by atoms with Gasteiger partial charge in [0.15, 0.2) is 0 Å². The van der Waals surface area contributed by atoms with Gasteiger partial charge in [-0.05, 0) is 6.92 Å². The van der Waals surface area contributed by atoms with Gasteiger partial charge >= 0.3 is 5.97 Å². The first-order valence-electron chi connectivity index (χ1n) is 7.03. The summed E-state index contributed by atoms with van der Waals surface area (Å²) in [6.07, 6.45) is 0.152. The SMILES string of the molecule is CCOC(=O)Cc1c(CBr)c(OC)c2ccccc2c1OC. The average molecular weight is 367 g/mol. The van der Waals surface area contributed by atoms with E-state index >= 15 is 0 Å². The van der Waals surface area contributed by atoms with Gasteiger partial charge in [0.2, 0.25) is 0 Å². The number of benzene rings is 2. The average Bonchev–Trinajstić information content (AvgIpc) is 2.53. The standard InChI is InChI=1S/C17H19BrO4/c1-4-22-15(19)9-13-14(10-18)17(21-3)12-8-6-5-7-11(12)16(13)20-2/h5-8H,4,9-10H2,1-3H3. The van der Waals surface area contributed by atoms with Crippen molar-refractivity contribution in [1.29, 1.82) is 0 Å². The van der Waals surface area contributed by atoms with Gasteiger partial charge in [0, 0.05) is 27.2 Å². The van der Waals surface area contributed by atoms with E-state index in [0.717, 1.165) is 27.6 Å². The Morgan fingerprint density at radius 3 is 2.05 bits per heavy atom. The minimum absolute atomic E-state index is 0.152. The maximum Gasteiger partial charge on any atom is 0.310 e. The number of carbonyl (C=O) groups excluding carboxylic acids is 1. The minimum Gasteiger partial charge on any atom is -0.496 e. The Hall–Kier alpha value is -1.75. The maximum absolute atomic E-state index is 12.0. The van der Waals surface area contributed by atoms with E-state index in [1.165, 1.54) is 0 Å². The summed E-state index contributed by atoms with van der Waals surface area (Å²) in [6, 6.07) is 7.83. The summed E-state index contributed by atoms with van der Waals surface area (Å²) in [5.74, 6) is 1.17. The highest BCUT2D eigenvalue weighted by Crippen LogP contribution is 2.42. The number of hydrogen-bond donors (Lipinski definition) is 0. The number of alkyl halides is 1. The zero-order valence-electron chi connectivity index (χ0n) is 12.9. The molecule has 0 spiro atoms. The second-order valence-corrected chi connectivity index (χ2v) is 5.25. The van der Waals surface area contributed by atoms with E-state index < -0.39 is 0 Å². The quantitative estimate of drug-likeness (QED) is 0.575. The number of methoxy groups -OCH3 is 2. The molecule has 2 rings (SSSR count). The molecule has 0 radical (unpaired) electrons. The molecule has 0 unspecified atom stereocenters. The maximum atomic E-state index is 12.0. The molecule has 118 valence electrons.